The van der Waals surface area contributed by atoms with E-state index in [1.165, 1.54) is 12.4 Å². The number of benzene rings is 2. The van der Waals surface area contributed by atoms with Crippen LogP contribution in [0.25, 0.3) is 22.3 Å². The summed E-state index contributed by atoms with van der Waals surface area (Å²) in [6.07, 6.45) is 5.41. The summed E-state index contributed by atoms with van der Waals surface area (Å²) in [7, 11) is 0. The fourth-order valence-corrected chi connectivity index (χ4v) is 4.93. The van der Waals surface area contributed by atoms with Crippen molar-refractivity contribution in [2.45, 2.75) is 31.7 Å². The van der Waals surface area contributed by atoms with Crippen molar-refractivity contribution in [1.29, 1.82) is 5.26 Å². The molecule has 0 spiro atoms. The van der Waals surface area contributed by atoms with Crippen molar-refractivity contribution >= 4 is 28.5 Å². The maximum atomic E-state index is 12.6. The SMILES string of the molecule is C=CC(=O)N1CCCC(n2nc(-c3ccc(CCC(=O)c4cccc(C#N)c4)cc3)c3c(N)ncnc32)C1. The molecule has 0 radical (unpaired) electrons. The summed E-state index contributed by atoms with van der Waals surface area (Å²) in [6.45, 7) is 4.83. The van der Waals surface area contributed by atoms with Crippen LogP contribution >= 0.6 is 0 Å². The maximum absolute atomic E-state index is 12.6. The van der Waals surface area contributed by atoms with Gasteiger partial charge >= 0.3 is 0 Å². The fourth-order valence-electron chi connectivity index (χ4n) is 4.93. The Kier molecular flexibility index (Phi) is 6.96. The molecule has 1 unspecified atom stereocenters. The number of likely N-dealkylation sites (tertiary alicyclic amines) is 1. The highest BCUT2D eigenvalue weighted by atomic mass is 16.2. The van der Waals surface area contributed by atoms with E-state index in [1.807, 2.05) is 28.9 Å². The Morgan fingerprint density at radius 1 is 1.18 bits per heavy atom. The molecule has 1 aliphatic heterocycles. The van der Waals surface area contributed by atoms with Crippen LogP contribution < -0.4 is 5.73 Å². The van der Waals surface area contributed by atoms with Crippen molar-refractivity contribution in [2.24, 2.45) is 0 Å². The van der Waals surface area contributed by atoms with Gasteiger partial charge in [-0.3, -0.25) is 9.59 Å². The standard InChI is InChI=1S/C29H27N7O2/c1-2-25(38)35-14-4-7-23(17-35)36-29-26(28(31)32-18-33-29)27(34-36)21-11-8-19(9-12-21)10-13-24(37)22-6-3-5-20(15-22)16-30/h2-3,5-6,8-9,11-12,15,18,23H,1,4,7,10,13-14,17H2,(H2,31,32,33). The van der Waals surface area contributed by atoms with Crippen molar-refractivity contribution < 1.29 is 9.59 Å². The Bertz CT molecular complexity index is 1570. The quantitative estimate of drug-likeness (QED) is 0.295. The molecule has 190 valence electrons. The van der Waals surface area contributed by atoms with Crippen molar-refractivity contribution in [1.82, 2.24) is 24.6 Å². The minimum Gasteiger partial charge on any atom is -0.383 e. The Balaban J connectivity index is 1.38. The summed E-state index contributed by atoms with van der Waals surface area (Å²) in [5.74, 6) is 0.255. The molecule has 38 heavy (non-hydrogen) atoms. The van der Waals surface area contributed by atoms with Crippen LogP contribution in [0.4, 0.5) is 5.82 Å². The number of hydrogen-bond donors (Lipinski definition) is 1. The van der Waals surface area contributed by atoms with Gasteiger partial charge < -0.3 is 10.6 Å². The molecule has 1 amide bonds. The second kappa shape index (κ2) is 10.6. The third-order valence-electron chi connectivity index (χ3n) is 6.93. The predicted molar refractivity (Wildman–Crippen MR) is 144 cm³/mol. The third kappa shape index (κ3) is 4.89. The number of piperidine rings is 1. The number of aromatic nitrogens is 4. The average Bonchev–Trinajstić information content (AvgIpc) is 3.37. The zero-order valence-corrected chi connectivity index (χ0v) is 20.9. The van der Waals surface area contributed by atoms with Crippen LogP contribution in [-0.4, -0.2) is 49.4 Å². The first-order valence-corrected chi connectivity index (χ1v) is 12.5. The third-order valence-corrected chi connectivity index (χ3v) is 6.93. The van der Waals surface area contributed by atoms with Gasteiger partial charge in [-0.1, -0.05) is 43.0 Å². The molecule has 4 aromatic rings. The highest BCUT2D eigenvalue weighted by Gasteiger charge is 2.28. The van der Waals surface area contributed by atoms with Gasteiger partial charge in [0.1, 0.15) is 17.8 Å². The monoisotopic (exact) mass is 505 g/mol. The van der Waals surface area contributed by atoms with E-state index in [9.17, 15) is 9.59 Å². The highest BCUT2D eigenvalue weighted by molar-refractivity contribution is 5.98. The lowest BCUT2D eigenvalue weighted by molar-refractivity contribution is -0.127. The number of rotatable bonds is 7. The van der Waals surface area contributed by atoms with Crippen LogP contribution in [0.1, 0.15) is 46.8 Å². The number of amides is 1. The topological polar surface area (TPSA) is 131 Å². The smallest absolute Gasteiger partial charge is 0.246 e. The molecule has 5 rings (SSSR count). The summed E-state index contributed by atoms with van der Waals surface area (Å²) >= 11 is 0. The largest absolute Gasteiger partial charge is 0.383 e. The molecule has 1 fully saturated rings. The van der Waals surface area contributed by atoms with Crippen LogP contribution in [0.2, 0.25) is 0 Å². The van der Waals surface area contributed by atoms with Gasteiger partial charge in [-0.2, -0.15) is 10.4 Å². The molecule has 0 aliphatic carbocycles. The van der Waals surface area contributed by atoms with Gasteiger partial charge in [0.2, 0.25) is 5.91 Å². The first-order valence-electron chi connectivity index (χ1n) is 12.5. The zero-order valence-electron chi connectivity index (χ0n) is 20.9. The van der Waals surface area contributed by atoms with E-state index in [0.717, 1.165) is 24.0 Å². The van der Waals surface area contributed by atoms with Gasteiger partial charge in [-0.05, 0) is 43.0 Å². The van der Waals surface area contributed by atoms with E-state index in [1.54, 1.807) is 29.2 Å². The first kappa shape index (κ1) is 24.8. The van der Waals surface area contributed by atoms with Crippen LogP contribution in [0.3, 0.4) is 0 Å². The number of nitrogens with two attached hydrogens (primary N) is 1. The lowest BCUT2D eigenvalue weighted by atomic mass is 10.00. The van der Waals surface area contributed by atoms with Crippen molar-refractivity contribution in [3.63, 3.8) is 0 Å². The molecule has 0 saturated carbocycles. The normalized spacial score (nSPS) is 15.2. The number of ketones is 1. The average molecular weight is 506 g/mol. The van der Waals surface area contributed by atoms with Crippen LogP contribution in [0.5, 0.6) is 0 Å². The van der Waals surface area contributed by atoms with Crippen LogP contribution in [-0.2, 0) is 11.2 Å². The van der Waals surface area contributed by atoms with Gasteiger partial charge in [0, 0.05) is 30.6 Å². The molecule has 2 N–H and O–H groups in total. The number of fused-ring (bicyclic) bond motifs is 1. The van der Waals surface area contributed by atoms with E-state index in [0.29, 0.717) is 59.6 Å². The fraction of sp³-hybridized carbons (Fsp3) is 0.241. The van der Waals surface area contributed by atoms with Gasteiger partial charge in [0.05, 0.1) is 23.1 Å². The molecule has 2 aromatic heterocycles. The second-order valence-corrected chi connectivity index (χ2v) is 9.35. The number of aryl methyl sites for hydroxylation is 1. The number of hydrogen-bond acceptors (Lipinski definition) is 7. The summed E-state index contributed by atoms with van der Waals surface area (Å²) in [4.78, 5) is 35.3. The van der Waals surface area contributed by atoms with Gasteiger partial charge in [0.25, 0.3) is 0 Å². The molecule has 1 atom stereocenters. The van der Waals surface area contributed by atoms with Gasteiger partial charge in [-0.25, -0.2) is 14.6 Å². The zero-order chi connectivity index (χ0) is 26.6. The van der Waals surface area contributed by atoms with Crippen LogP contribution in [0.15, 0.2) is 67.5 Å². The Hall–Kier alpha value is -4.84. The van der Waals surface area contributed by atoms with Crippen molar-refractivity contribution in [3.05, 3.63) is 84.2 Å². The molecule has 3 heterocycles. The molecular weight excluding hydrogens is 478 g/mol. The minimum atomic E-state index is -0.0904. The summed E-state index contributed by atoms with van der Waals surface area (Å²) in [5.41, 5.74) is 10.5. The predicted octanol–water partition coefficient (Wildman–Crippen LogP) is 4.11. The molecule has 0 bridgehead atoms. The van der Waals surface area contributed by atoms with E-state index in [2.05, 4.69) is 22.6 Å². The molecule has 2 aromatic carbocycles. The molecule has 1 aliphatic rings. The summed E-state index contributed by atoms with van der Waals surface area (Å²) < 4.78 is 1.87. The lowest BCUT2D eigenvalue weighted by Gasteiger charge is -2.32. The summed E-state index contributed by atoms with van der Waals surface area (Å²) in [5, 5.41) is 14.7. The molecule has 1 saturated heterocycles. The van der Waals surface area contributed by atoms with Crippen molar-refractivity contribution in [3.8, 4) is 17.3 Å². The van der Waals surface area contributed by atoms with Crippen LogP contribution in [0, 0.1) is 11.3 Å². The maximum Gasteiger partial charge on any atom is 0.246 e. The number of nitrogens with zero attached hydrogens (tertiary/aromatic N) is 6. The number of carbonyl (C=O) groups excluding carboxylic acids is 2. The van der Waals surface area contributed by atoms with E-state index in [-0.39, 0.29) is 17.7 Å². The van der Waals surface area contributed by atoms with E-state index >= 15 is 0 Å². The number of anilines is 1. The lowest BCUT2D eigenvalue weighted by Crippen LogP contribution is -2.40. The number of carbonyl (C=O) groups is 2. The highest BCUT2D eigenvalue weighted by Crippen LogP contribution is 2.34. The number of nitrogen functional groups attached to an aromatic ring is 1. The number of nitriles is 1. The summed E-state index contributed by atoms with van der Waals surface area (Å²) in [6, 6.07) is 16.7. The minimum absolute atomic E-state index is 0.00250. The Morgan fingerprint density at radius 2 is 2.00 bits per heavy atom. The van der Waals surface area contributed by atoms with E-state index in [4.69, 9.17) is 16.1 Å². The van der Waals surface area contributed by atoms with Crippen molar-refractivity contribution in [2.75, 3.05) is 18.8 Å². The first-order chi connectivity index (χ1) is 18.5. The molecular formula is C29H27N7O2. The molecule has 9 nitrogen and oxygen atoms in total. The Morgan fingerprint density at radius 3 is 2.76 bits per heavy atom. The van der Waals surface area contributed by atoms with E-state index < -0.39 is 0 Å². The Labute approximate surface area is 220 Å². The molecule has 9 heteroatoms. The van der Waals surface area contributed by atoms with Gasteiger partial charge in [-0.15, -0.1) is 0 Å². The number of Topliss-reactive ketones (excluding diaryl/α,β-unsaturated/α-hetero) is 1. The van der Waals surface area contributed by atoms with Gasteiger partial charge in [0.15, 0.2) is 11.4 Å². The second-order valence-electron chi connectivity index (χ2n) is 9.35.